The van der Waals surface area contributed by atoms with Crippen molar-refractivity contribution in [2.45, 2.75) is 78.6 Å². The van der Waals surface area contributed by atoms with E-state index < -0.39 is 0 Å². The Hall–Kier alpha value is -0.330. The molecule has 5 atom stereocenters. The number of unbranched alkanes of at least 4 members (excludes halogenated alkanes) is 1. The van der Waals surface area contributed by atoms with E-state index in [0.29, 0.717) is 5.41 Å². The number of carbonyl (C=O) groups excluding carboxylic acids is 1. The number of hydrogen-bond donors (Lipinski definition) is 0. The predicted molar refractivity (Wildman–Crippen MR) is 81.0 cm³/mol. The lowest BCUT2D eigenvalue weighted by Crippen LogP contribution is -2.46. The first-order valence-corrected chi connectivity index (χ1v) is 8.56. The van der Waals surface area contributed by atoms with Gasteiger partial charge in [-0.15, -0.1) is 0 Å². The standard InChI is InChI=1S/C18H32O/c1-4-5-6-16-15(3)9-10-18(11-12-19)13-14(2)7-8-17(16)18/h12,14-17H,4-11,13H2,1-3H3/t14?,15?,16?,17?,18-/m0/s1. The molecule has 1 nitrogen and oxygen atoms in total. The molecule has 0 aliphatic heterocycles. The molecule has 2 aliphatic rings. The van der Waals surface area contributed by atoms with Gasteiger partial charge in [-0.2, -0.15) is 0 Å². The van der Waals surface area contributed by atoms with Gasteiger partial charge in [0.05, 0.1) is 0 Å². The third-order valence-corrected chi connectivity index (χ3v) is 6.24. The fraction of sp³-hybridized carbons (Fsp3) is 0.944. The number of hydrogen-bond acceptors (Lipinski definition) is 1. The van der Waals surface area contributed by atoms with Gasteiger partial charge in [0.25, 0.3) is 0 Å². The van der Waals surface area contributed by atoms with E-state index in [9.17, 15) is 4.79 Å². The van der Waals surface area contributed by atoms with Gasteiger partial charge in [0.15, 0.2) is 0 Å². The van der Waals surface area contributed by atoms with Crippen LogP contribution in [0.5, 0.6) is 0 Å². The summed E-state index contributed by atoms with van der Waals surface area (Å²) >= 11 is 0. The van der Waals surface area contributed by atoms with Crippen LogP contribution >= 0.6 is 0 Å². The Labute approximate surface area is 119 Å². The van der Waals surface area contributed by atoms with Crippen LogP contribution in [0.4, 0.5) is 0 Å². The van der Waals surface area contributed by atoms with Gasteiger partial charge in [-0.05, 0) is 61.2 Å². The largest absolute Gasteiger partial charge is 0.303 e. The van der Waals surface area contributed by atoms with E-state index in [-0.39, 0.29) is 0 Å². The molecule has 19 heavy (non-hydrogen) atoms. The molecule has 0 saturated heterocycles. The molecule has 2 fully saturated rings. The third-order valence-electron chi connectivity index (χ3n) is 6.24. The average molecular weight is 264 g/mol. The average Bonchev–Trinajstić information content (AvgIpc) is 2.38. The normalized spacial score (nSPS) is 42.7. The van der Waals surface area contributed by atoms with Gasteiger partial charge in [0.1, 0.15) is 6.29 Å². The van der Waals surface area contributed by atoms with Crippen molar-refractivity contribution in [1.29, 1.82) is 0 Å². The molecule has 2 saturated carbocycles. The Kier molecular flexibility index (Phi) is 5.09. The highest BCUT2D eigenvalue weighted by Gasteiger charge is 2.49. The molecule has 0 spiro atoms. The zero-order valence-electron chi connectivity index (χ0n) is 13.2. The summed E-state index contributed by atoms with van der Waals surface area (Å²) in [6.45, 7) is 7.15. The fourth-order valence-electron chi connectivity index (χ4n) is 5.23. The van der Waals surface area contributed by atoms with Gasteiger partial charge in [-0.1, -0.05) is 40.0 Å². The lowest BCUT2D eigenvalue weighted by Gasteiger charge is -2.54. The molecule has 0 aromatic rings. The second kappa shape index (κ2) is 6.41. The quantitative estimate of drug-likeness (QED) is 0.621. The van der Waals surface area contributed by atoms with E-state index in [1.54, 1.807) is 0 Å². The van der Waals surface area contributed by atoms with Gasteiger partial charge in [0.2, 0.25) is 0 Å². The molecule has 0 amide bonds. The lowest BCUT2D eigenvalue weighted by atomic mass is 9.50. The maximum absolute atomic E-state index is 11.2. The van der Waals surface area contributed by atoms with Crippen LogP contribution in [0.3, 0.4) is 0 Å². The number of aldehydes is 1. The molecular formula is C18H32O. The molecule has 4 unspecified atom stereocenters. The van der Waals surface area contributed by atoms with Crippen LogP contribution < -0.4 is 0 Å². The molecule has 0 bridgehead atoms. The summed E-state index contributed by atoms with van der Waals surface area (Å²) in [6, 6.07) is 0. The molecule has 0 aromatic heterocycles. The summed E-state index contributed by atoms with van der Waals surface area (Å²) in [4.78, 5) is 11.2. The van der Waals surface area contributed by atoms with Crippen molar-refractivity contribution < 1.29 is 4.79 Å². The van der Waals surface area contributed by atoms with E-state index in [2.05, 4.69) is 20.8 Å². The zero-order chi connectivity index (χ0) is 13.9. The minimum Gasteiger partial charge on any atom is -0.303 e. The summed E-state index contributed by atoms with van der Waals surface area (Å²) < 4.78 is 0. The van der Waals surface area contributed by atoms with Crippen molar-refractivity contribution in [3.05, 3.63) is 0 Å². The third kappa shape index (κ3) is 3.06. The topological polar surface area (TPSA) is 17.1 Å². The van der Waals surface area contributed by atoms with E-state index in [1.165, 1.54) is 57.7 Å². The van der Waals surface area contributed by atoms with Crippen LogP contribution in [0.2, 0.25) is 0 Å². The Morgan fingerprint density at radius 1 is 1.21 bits per heavy atom. The van der Waals surface area contributed by atoms with Crippen LogP contribution in [0.1, 0.15) is 78.6 Å². The van der Waals surface area contributed by atoms with E-state index >= 15 is 0 Å². The number of fused-ring (bicyclic) bond motifs is 1. The second-order valence-electron chi connectivity index (χ2n) is 7.55. The van der Waals surface area contributed by atoms with Crippen LogP contribution in [-0.4, -0.2) is 6.29 Å². The summed E-state index contributed by atoms with van der Waals surface area (Å²) in [5, 5.41) is 0. The second-order valence-corrected chi connectivity index (χ2v) is 7.55. The SMILES string of the molecule is CCCCC1C(C)CC[C@]2(CC=O)CC(C)CCC12. The monoisotopic (exact) mass is 264 g/mol. The van der Waals surface area contributed by atoms with Crippen molar-refractivity contribution in [3.8, 4) is 0 Å². The van der Waals surface area contributed by atoms with Crippen molar-refractivity contribution in [3.63, 3.8) is 0 Å². The maximum atomic E-state index is 11.2. The summed E-state index contributed by atoms with van der Waals surface area (Å²) in [5.74, 6) is 3.44. The van der Waals surface area contributed by atoms with Gasteiger partial charge >= 0.3 is 0 Å². The first-order chi connectivity index (χ1) is 9.13. The molecule has 0 heterocycles. The molecule has 110 valence electrons. The van der Waals surface area contributed by atoms with Crippen molar-refractivity contribution >= 4 is 6.29 Å². The molecule has 2 aliphatic carbocycles. The van der Waals surface area contributed by atoms with Crippen LogP contribution in [0.25, 0.3) is 0 Å². The first kappa shape index (κ1) is 15.1. The Morgan fingerprint density at radius 2 is 2.00 bits per heavy atom. The van der Waals surface area contributed by atoms with Crippen molar-refractivity contribution in [1.82, 2.24) is 0 Å². The van der Waals surface area contributed by atoms with Crippen LogP contribution in [0, 0.1) is 29.1 Å². The minimum absolute atomic E-state index is 0.379. The van der Waals surface area contributed by atoms with Crippen LogP contribution in [-0.2, 0) is 4.79 Å². The van der Waals surface area contributed by atoms with Gasteiger partial charge in [-0.3, -0.25) is 0 Å². The summed E-state index contributed by atoms with van der Waals surface area (Å²) in [5.41, 5.74) is 0.379. The van der Waals surface area contributed by atoms with E-state index in [4.69, 9.17) is 0 Å². The molecule has 0 aromatic carbocycles. The molecule has 0 radical (unpaired) electrons. The van der Waals surface area contributed by atoms with E-state index in [1.807, 2.05) is 0 Å². The van der Waals surface area contributed by atoms with Crippen molar-refractivity contribution in [2.75, 3.05) is 0 Å². The summed E-state index contributed by atoms with van der Waals surface area (Å²) in [7, 11) is 0. The lowest BCUT2D eigenvalue weighted by molar-refractivity contribution is -0.116. The van der Waals surface area contributed by atoms with Gasteiger partial charge in [-0.25, -0.2) is 0 Å². The Morgan fingerprint density at radius 3 is 2.68 bits per heavy atom. The highest BCUT2D eigenvalue weighted by molar-refractivity contribution is 5.51. The Balaban J connectivity index is 2.18. The maximum Gasteiger partial charge on any atom is 0.120 e. The van der Waals surface area contributed by atoms with Gasteiger partial charge in [0, 0.05) is 6.42 Å². The first-order valence-electron chi connectivity index (χ1n) is 8.56. The van der Waals surface area contributed by atoms with Crippen molar-refractivity contribution in [2.24, 2.45) is 29.1 Å². The summed E-state index contributed by atoms with van der Waals surface area (Å²) in [6.07, 6.45) is 12.9. The molecule has 1 heteroatoms. The smallest absolute Gasteiger partial charge is 0.120 e. The Bertz CT molecular complexity index is 298. The highest BCUT2D eigenvalue weighted by atomic mass is 16.1. The highest BCUT2D eigenvalue weighted by Crippen LogP contribution is 2.58. The number of rotatable bonds is 5. The number of carbonyl (C=O) groups is 1. The van der Waals surface area contributed by atoms with E-state index in [0.717, 1.165) is 30.1 Å². The molecule has 2 rings (SSSR count). The fourth-order valence-corrected chi connectivity index (χ4v) is 5.23. The minimum atomic E-state index is 0.379. The molecule has 0 N–H and O–H groups in total. The van der Waals surface area contributed by atoms with Crippen LogP contribution in [0.15, 0.2) is 0 Å². The zero-order valence-corrected chi connectivity index (χ0v) is 13.2. The predicted octanol–water partition coefficient (Wildman–Crippen LogP) is 5.23. The van der Waals surface area contributed by atoms with Gasteiger partial charge < -0.3 is 4.79 Å². The molecular weight excluding hydrogens is 232 g/mol.